The van der Waals surface area contributed by atoms with E-state index in [1.54, 1.807) is 24.3 Å². The molecule has 1 atom stereocenters. The summed E-state index contributed by atoms with van der Waals surface area (Å²) in [6.45, 7) is 1.27. The number of alkyl halides is 2. The van der Waals surface area contributed by atoms with Gasteiger partial charge in [0.2, 0.25) is 5.16 Å². The van der Waals surface area contributed by atoms with Crippen LogP contribution in [-0.2, 0) is 6.42 Å². The maximum atomic E-state index is 13.7. The molecule has 0 aliphatic carbocycles. The lowest BCUT2D eigenvalue weighted by Crippen LogP contribution is -2.06. The number of nitrogens with zero attached hydrogens (tertiary/aromatic N) is 4. The van der Waals surface area contributed by atoms with Crippen LogP contribution < -0.4 is 0 Å². The maximum Gasteiger partial charge on any atom is 0.320 e. The van der Waals surface area contributed by atoms with E-state index < -0.39 is 6.55 Å². The van der Waals surface area contributed by atoms with Crippen LogP contribution in [0.1, 0.15) is 37.0 Å². The molecule has 0 saturated heterocycles. The van der Waals surface area contributed by atoms with Crippen molar-refractivity contribution in [3.05, 3.63) is 59.9 Å². The van der Waals surface area contributed by atoms with Gasteiger partial charge in [-0.1, -0.05) is 55.1 Å². The third kappa shape index (κ3) is 3.52. The highest BCUT2D eigenvalue weighted by Gasteiger charge is 2.23. The molecule has 0 aliphatic heterocycles. The number of fused-ring (bicyclic) bond motifs is 1. The molecule has 0 aliphatic rings. The molecule has 0 bridgehead atoms. The van der Waals surface area contributed by atoms with Crippen molar-refractivity contribution in [3.63, 3.8) is 0 Å². The molecular weight excluding hydrogens is 380 g/mol. The first-order chi connectivity index (χ1) is 13.6. The summed E-state index contributed by atoms with van der Waals surface area (Å²) in [5, 5.41) is 7.31. The van der Waals surface area contributed by atoms with Gasteiger partial charge in [-0.25, -0.2) is 9.97 Å². The lowest BCUT2D eigenvalue weighted by Gasteiger charge is -2.12. The van der Waals surface area contributed by atoms with Gasteiger partial charge in [0.05, 0.1) is 16.3 Å². The van der Waals surface area contributed by atoms with Gasteiger partial charge >= 0.3 is 6.55 Å². The number of imidazole rings is 1. The number of nitrogens with one attached hydrogen (secondary N) is 1. The molecule has 2 aromatic carbocycles. The molecule has 28 heavy (non-hydrogen) atoms. The molecule has 0 unspecified atom stereocenters. The molecule has 4 rings (SSSR count). The molecule has 144 valence electrons. The molecule has 8 heteroatoms. The van der Waals surface area contributed by atoms with Gasteiger partial charge in [-0.2, -0.15) is 8.78 Å². The van der Waals surface area contributed by atoms with Gasteiger partial charge in [0.1, 0.15) is 5.82 Å². The van der Waals surface area contributed by atoms with Crippen molar-refractivity contribution in [2.45, 2.75) is 37.2 Å². The molecule has 0 spiro atoms. The minimum atomic E-state index is -2.66. The summed E-state index contributed by atoms with van der Waals surface area (Å²) >= 11 is 1.30. The summed E-state index contributed by atoms with van der Waals surface area (Å²) < 4.78 is 28.3. The fourth-order valence-corrected chi connectivity index (χ4v) is 3.92. The Morgan fingerprint density at radius 2 is 1.82 bits per heavy atom. The first kappa shape index (κ1) is 18.6. The standard InChI is InChI=1S/C20H19F2N5S/c1-3-13-8-10-14(11-9-13)17-24-20(26-25-17)28-12(2)18-23-15-6-4-5-7-16(15)27(18)19(21)22/h4-12,19H,3H2,1-2H3,(H,24,25,26)/t12-/m0/s1. The molecule has 0 saturated carbocycles. The fourth-order valence-electron chi connectivity index (χ4n) is 3.09. The highest BCUT2D eigenvalue weighted by atomic mass is 32.2. The van der Waals surface area contributed by atoms with Crippen LogP contribution in [-0.4, -0.2) is 24.7 Å². The number of hydrogen-bond acceptors (Lipinski definition) is 4. The minimum Gasteiger partial charge on any atom is -0.269 e. The van der Waals surface area contributed by atoms with Crippen molar-refractivity contribution < 1.29 is 8.78 Å². The van der Waals surface area contributed by atoms with Gasteiger partial charge in [-0.15, -0.1) is 5.10 Å². The van der Waals surface area contributed by atoms with E-state index >= 15 is 0 Å². The van der Waals surface area contributed by atoms with Gasteiger partial charge in [-0.05, 0) is 31.0 Å². The lowest BCUT2D eigenvalue weighted by molar-refractivity contribution is 0.0715. The van der Waals surface area contributed by atoms with Crippen LogP contribution in [0.4, 0.5) is 8.78 Å². The second kappa shape index (κ2) is 7.71. The van der Waals surface area contributed by atoms with Crippen LogP contribution >= 0.6 is 11.8 Å². The monoisotopic (exact) mass is 399 g/mol. The van der Waals surface area contributed by atoms with Crippen LogP contribution in [0.3, 0.4) is 0 Å². The van der Waals surface area contributed by atoms with Crippen molar-refractivity contribution in [1.29, 1.82) is 0 Å². The Balaban J connectivity index is 1.59. The Hall–Kier alpha value is -2.74. The number of benzene rings is 2. The fraction of sp³-hybridized carbons (Fsp3) is 0.250. The van der Waals surface area contributed by atoms with Gasteiger partial charge in [0.15, 0.2) is 5.82 Å². The summed E-state index contributed by atoms with van der Waals surface area (Å²) in [6.07, 6.45) is 0.973. The number of rotatable bonds is 6. The van der Waals surface area contributed by atoms with Gasteiger partial charge in [0.25, 0.3) is 0 Å². The molecule has 5 nitrogen and oxygen atoms in total. The molecular formula is C20H19F2N5S. The number of H-pyrrole nitrogens is 1. The van der Waals surface area contributed by atoms with Crippen LogP contribution in [0.25, 0.3) is 22.4 Å². The molecule has 0 radical (unpaired) electrons. The van der Waals surface area contributed by atoms with Crippen molar-refractivity contribution in [2.24, 2.45) is 0 Å². The Morgan fingerprint density at radius 3 is 2.54 bits per heavy atom. The molecule has 4 aromatic rings. The zero-order valence-electron chi connectivity index (χ0n) is 15.4. The lowest BCUT2D eigenvalue weighted by atomic mass is 10.1. The number of aromatic amines is 1. The molecule has 0 amide bonds. The number of thioether (sulfide) groups is 1. The predicted molar refractivity (Wildman–Crippen MR) is 106 cm³/mol. The smallest absolute Gasteiger partial charge is 0.269 e. The van der Waals surface area contributed by atoms with E-state index in [4.69, 9.17) is 0 Å². The second-order valence-electron chi connectivity index (χ2n) is 6.38. The first-order valence-electron chi connectivity index (χ1n) is 9.00. The zero-order chi connectivity index (χ0) is 19.7. The highest BCUT2D eigenvalue weighted by molar-refractivity contribution is 7.99. The van der Waals surface area contributed by atoms with E-state index in [0.717, 1.165) is 16.6 Å². The van der Waals surface area contributed by atoms with Crippen LogP contribution in [0.5, 0.6) is 0 Å². The largest absolute Gasteiger partial charge is 0.320 e. The van der Waals surface area contributed by atoms with E-state index in [0.29, 0.717) is 27.8 Å². The van der Waals surface area contributed by atoms with E-state index in [9.17, 15) is 8.78 Å². The van der Waals surface area contributed by atoms with Crippen molar-refractivity contribution >= 4 is 22.8 Å². The van der Waals surface area contributed by atoms with Gasteiger partial charge < -0.3 is 0 Å². The number of aryl methyl sites for hydroxylation is 1. The van der Waals surface area contributed by atoms with Crippen LogP contribution in [0, 0.1) is 0 Å². The average molecular weight is 399 g/mol. The third-order valence-corrected chi connectivity index (χ3v) is 5.52. The summed E-state index contributed by atoms with van der Waals surface area (Å²) in [6, 6.07) is 15.0. The number of halogens is 2. The summed E-state index contributed by atoms with van der Waals surface area (Å²) in [5.41, 5.74) is 3.16. The highest BCUT2D eigenvalue weighted by Crippen LogP contribution is 2.36. The summed E-state index contributed by atoms with van der Waals surface area (Å²) in [7, 11) is 0. The first-order valence-corrected chi connectivity index (χ1v) is 9.88. The molecule has 2 heterocycles. The van der Waals surface area contributed by atoms with E-state index in [1.165, 1.54) is 17.3 Å². The predicted octanol–water partition coefficient (Wildman–Crippen LogP) is 5.63. The van der Waals surface area contributed by atoms with Gasteiger partial charge in [-0.3, -0.25) is 9.67 Å². The number of hydrogen-bond donors (Lipinski definition) is 1. The second-order valence-corrected chi connectivity index (χ2v) is 7.69. The van der Waals surface area contributed by atoms with E-state index in [1.807, 2.05) is 19.1 Å². The number of para-hydroxylation sites is 2. The number of aromatic nitrogens is 5. The van der Waals surface area contributed by atoms with Crippen molar-refractivity contribution in [1.82, 2.24) is 24.7 Å². The normalized spacial score (nSPS) is 12.8. The Bertz CT molecular complexity index is 1090. The van der Waals surface area contributed by atoms with Crippen LogP contribution in [0.15, 0.2) is 53.7 Å². The zero-order valence-corrected chi connectivity index (χ0v) is 16.3. The molecule has 2 aromatic heterocycles. The van der Waals surface area contributed by atoms with Crippen LogP contribution in [0.2, 0.25) is 0 Å². The SMILES string of the molecule is CCc1ccc(-c2nc(S[C@@H](C)c3nc4ccccc4n3C(F)F)n[nH]2)cc1. The van der Waals surface area contributed by atoms with E-state index in [-0.39, 0.29) is 5.25 Å². The maximum absolute atomic E-state index is 13.7. The topological polar surface area (TPSA) is 59.4 Å². The minimum absolute atomic E-state index is 0.305. The Labute approximate surface area is 165 Å². The quantitative estimate of drug-likeness (QED) is 0.427. The molecule has 1 N–H and O–H groups in total. The summed E-state index contributed by atoms with van der Waals surface area (Å²) in [5.74, 6) is 0.958. The summed E-state index contributed by atoms with van der Waals surface area (Å²) in [4.78, 5) is 8.91. The van der Waals surface area contributed by atoms with E-state index in [2.05, 4.69) is 39.2 Å². The Morgan fingerprint density at radius 1 is 1.07 bits per heavy atom. The van der Waals surface area contributed by atoms with Crippen molar-refractivity contribution in [3.8, 4) is 11.4 Å². The Kier molecular flexibility index (Phi) is 5.13. The average Bonchev–Trinajstić information content (AvgIpc) is 3.32. The third-order valence-electron chi connectivity index (χ3n) is 4.56. The van der Waals surface area contributed by atoms with Gasteiger partial charge in [0, 0.05) is 5.56 Å². The van der Waals surface area contributed by atoms with Crippen molar-refractivity contribution in [2.75, 3.05) is 0 Å². The molecule has 0 fully saturated rings.